The topological polar surface area (TPSA) is 3.24 Å². The van der Waals surface area contributed by atoms with Gasteiger partial charge in [-0.1, -0.05) is 35.0 Å². The van der Waals surface area contributed by atoms with Gasteiger partial charge >= 0.3 is 0 Å². The molecule has 0 aliphatic rings. The van der Waals surface area contributed by atoms with Crippen LogP contribution in [0.15, 0.2) is 24.3 Å². The average molecular weight is 242 g/mol. The summed E-state index contributed by atoms with van der Waals surface area (Å²) >= 11 is 3.50. The first-order chi connectivity index (χ1) is 6.15. The lowest BCUT2D eigenvalue weighted by Gasteiger charge is -2.15. The normalized spacial score (nSPS) is 12.6. The van der Waals surface area contributed by atoms with Crippen LogP contribution in [0.4, 0.5) is 5.69 Å². The first-order valence-electron chi connectivity index (χ1n) is 4.48. The molecule has 0 spiro atoms. The van der Waals surface area contributed by atoms with Crippen molar-refractivity contribution in [3.63, 3.8) is 0 Å². The van der Waals surface area contributed by atoms with Crippen molar-refractivity contribution in [3.05, 3.63) is 29.8 Å². The molecule has 0 saturated heterocycles. The van der Waals surface area contributed by atoms with Gasteiger partial charge in [0, 0.05) is 25.1 Å². The van der Waals surface area contributed by atoms with E-state index in [0.717, 1.165) is 5.33 Å². The van der Waals surface area contributed by atoms with Gasteiger partial charge in [0.15, 0.2) is 0 Å². The lowest BCUT2D eigenvalue weighted by atomic mass is 10.0. The van der Waals surface area contributed by atoms with Crippen molar-refractivity contribution in [2.75, 3.05) is 24.3 Å². The van der Waals surface area contributed by atoms with Gasteiger partial charge in [-0.15, -0.1) is 0 Å². The molecule has 0 fully saturated rings. The van der Waals surface area contributed by atoms with Crippen molar-refractivity contribution >= 4 is 21.6 Å². The van der Waals surface area contributed by atoms with Gasteiger partial charge in [-0.2, -0.15) is 0 Å². The second-order valence-corrected chi connectivity index (χ2v) is 4.19. The molecule has 1 nitrogen and oxygen atoms in total. The van der Waals surface area contributed by atoms with E-state index in [1.165, 1.54) is 11.3 Å². The largest absolute Gasteiger partial charge is 0.378 e. The maximum absolute atomic E-state index is 3.50. The summed E-state index contributed by atoms with van der Waals surface area (Å²) in [6, 6.07) is 8.67. The summed E-state index contributed by atoms with van der Waals surface area (Å²) in [6.07, 6.45) is 0. The monoisotopic (exact) mass is 241 g/mol. The van der Waals surface area contributed by atoms with Crippen LogP contribution in [0.2, 0.25) is 0 Å². The molecule has 2 heteroatoms. The number of nitrogens with zero attached hydrogens (tertiary/aromatic N) is 1. The maximum atomic E-state index is 3.50. The van der Waals surface area contributed by atoms with Crippen LogP contribution in [0.1, 0.15) is 18.4 Å². The molecule has 0 heterocycles. The Labute approximate surface area is 88.9 Å². The molecule has 0 aromatic heterocycles. The quantitative estimate of drug-likeness (QED) is 0.735. The molecule has 0 radical (unpaired) electrons. The molecular formula is C11H16BrN. The minimum atomic E-state index is 0.583. The highest BCUT2D eigenvalue weighted by molar-refractivity contribution is 9.09. The van der Waals surface area contributed by atoms with E-state index in [1.54, 1.807) is 0 Å². The van der Waals surface area contributed by atoms with E-state index in [9.17, 15) is 0 Å². The van der Waals surface area contributed by atoms with Crippen LogP contribution < -0.4 is 4.90 Å². The zero-order chi connectivity index (χ0) is 9.84. The van der Waals surface area contributed by atoms with Gasteiger partial charge in [0.2, 0.25) is 0 Å². The van der Waals surface area contributed by atoms with Crippen molar-refractivity contribution in [3.8, 4) is 0 Å². The van der Waals surface area contributed by atoms with Crippen LogP contribution in [-0.2, 0) is 0 Å². The summed E-state index contributed by atoms with van der Waals surface area (Å²) in [5, 5.41) is 1.02. The second kappa shape index (κ2) is 4.66. The van der Waals surface area contributed by atoms with Crippen LogP contribution >= 0.6 is 15.9 Å². The first-order valence-corrected chi connectivity index (χ1v) is 5.60. The van der Waals surface area contributed by atoms with Crippen molar-refractivity contribution in [2.45, 2.75) is 12.8 Å². The molecule has 0 aliphatic heterocycles. The standard InChI is InChI=1S/C11H16BrN/c1-9(8-12)10-5-4-6-11(7-10)13(2)3/h4-7,9H,8H2,1-3H3. The zero-order valence-electron chi connectivity index (χ0n) is 8.42. The molecule has 0 amide bonds. The van der Waals surface area contributed by atoms with Crippen LogP contribution in [0.3, 0.4) is 0 Å². The summed E-state index contributed by atoms with van der Waals surface area (Å²) in [5.41, 5.74) is 2.66. The lowest BCUT2D eigenvalue weighted by Crippen LogP contribution is -2.09. The Kier molecular flexibility index (Phi) is 3.79. The van der Waals surface area contributed by atoms with E-state index >= 15 is 0 Å². The summed E-state index contributed by atoms with van der Waals surface area (Å²) in [4.78, 5) is 2.13. The van der Waals surface area contributed by atoms with E-state index in [-0.39, 0.29) is 0 Å². The Hall–Kier alpha value is -0.500. The minimum absolute atomic E-state index is 0.583. The second-order valence-electron chi connectivity index (χ2n) is 3.54. The van der Waals surface area contributed by atoms with Crippen LogP contribution in [0.5, 0.6) is 0 Å². The summed E-state index contributed by atoms with van der Waals surface area (Å²) in [5.74, 6) is 0.583. The fourth-order valence-corrected chi connectivity index (χ4v) is 1.57. The van der Waals surface area contributed by atoms with E-state index in [0.29, 0.717) is 5.92 Å². The van der Waals surface area contributed by atoms with Crippen LogP contribution in [0, 0.1) is 0 Å². The van der Waals surface area contributed by atoms with E-state index < -0.39 is 0 Å². The van der Waals surface area contributed by atoms with Gasteiger partial charge in [0.1, 0.15) is 0 Å². The van der Waals surface area contributed by atoms with Crippen molar-refractivity contribution in [1.29, 1.82) is 0 Å². The fourth-order valence-electron chi connectivity index (χ4n) is 1.20. The van der Waals surface area contributed by atoms with Gasteiger partial charge in [0.05, 0.1) is 0 Å². The highest BCUT2D eigenvalue weighted by Crippen LogP contribution is 2.21. The van der Waals surface area contributed by atoms with Gasteiger partial charge < -0.3 is 4.90 Å². The molecule has 1 aromatic carbocycles. The number of rotatable bonds is 3. The molecule has 13 heavy (non-hydrogen) atoms. The Morgan fingerprint density at radius 2 is 2.08 bits per heavy atom. The fraction of sp³-hybridized carbons (Fsp3) is 0.455. The molecule has 1 aromatic rings. The molecule has 72 valence electrons. The summed E-state index contributed by atoms with van der Waals surface area (Å²) in [6.45, 7) is 2.23. The predicted octanol–water partition coefficient (Wildman–Crippen LogP) is 3.25. The summed E-state index contributed by atoms with van der Waals surface area (Å²) in [7, 11) is 4.13. The minimum Gasteiger partial charge on any atom is -0.378 e. The van der Waals surface area contributed by atoms with Crippen molar-refractivity contribution in [2.24, 2.45) is 0 Å². The van der Waals surface area contributed by atoms with Crippen LogP contribution in [0.25, 0.3) is 0 Å². The molecule has 0 N–H and O–H groups in total. The third-order valence-corrected chi connectivity index (χ3v) is 3.16. The zero-order valence-corrected chi connectivity index (χ0v) is 10.0. The predicted molar refractivity (Wildman–Crippen MR) is 63.0 cm³/mol. The molecule has 1 unspecified atom stereocenters. The Balaban J connectivity index is 2.91. The number of anilines is 1. The summed E-state index contributed by atoms with van der Waals surface area (Å²) < 4.78 is 0. The van der Waals surface area contributed by atoms with Crippen molar-refractivity contribution < 1.29 is 0 Å². The molecular weight excluding hydrogens is 226 g/mol. The Morgan fingerprint density at radius 3 is 2.62 bits per heavy atom. The Bertz CT molecular complexity index is 271. The number of hydrogen-bond acceptors (Lipinski definition) is 1. The van der Waals surface area contributed by atoms with E-state index in [1.807, 2.05) is 0 Å². The van der Waals surface area contributed by atoms with Gasteiger partial charge in [-0.25, -0.2) is 0 Å². The lowest BCUT2D eigenvalue weighted by molar-refractivity contribution is 0.886. The third kappa shape index (κ3) is 2.73. The SMILES string of the molecule is CC(CBr)c1cccc(N(C)C)c1. The maximum Gasteiger partial charge on any atom is 0.0363 e. The van der Waals surface area contributed by atoms with Crippen LogP contribution in [-0.4, -0.2) is 19.4 Å². The number of benzene rings is 1. The molecule has 1 rings (SSSR count). The average Bonchev–Trinajstić information content (AvgIpc) is 2.17. The third-order valence-electron chi connectivity index (χ3n) is 2.19. The smallest absolute Gasteiger partial charge is 0.0363 e. The molecule has 0 saturated carbocycles. The highest BCUT2D eigenvalue weighted by Gasteiger charge is 2.04. The highest BCUT2D eigenvalue weighted by atomic mass is 79.9. The van der Waals surface area contributed by atoms with Gasteiger partial charge in [-0.05, 0) is 23.6 Å². The Morgan fingerprint density at radius 1 is 1.38 bits per heavy atom. The number of halogens is 1. The molecule has 1 atom stereocenters. The van der Waals surface area contributed by atoms with E-state index in [2.05, 4.69) is 66.1 Å². The van der Waals surface area contributed by atoms with Gasteiger partial charge in [-0.3, -0.25) is 0 Å². The number of alkyl halides is 1. The molecule has 0 bridgehead atoms. The first kappa shape index (κ1) is 10.6. The van der Waals surface area contributed by atoms with Crippen molar-refractivity contribution in [1.82, 2.24) is 0 Å². The molecule has 0 aliphatic carbocycles. The van der Waals surface area contributed by atoms with Gasteiger partial charge in [0.25, 0.3) is 0 Å². The number of hydrogen-bond donors (Lipinski definition) is 0. The van der Waals surface area contributed by atoms with E-state index in [4.69, 9.17) is 0 Å².